The highest BCUT2D eigenvalue weighted by molar-refractivity contribution is 5.80. The Bertz CT molecular complexity index is 908. The smallest absolute Gasteiger partial charge is 0.224 e. The van der Waals surface area contributed by atoms with Gasteiger partial charge in [0.05, 0.1) is 12.6 Å². The van der Waals surface area contributed by atoms with Crippen LogP contribution in [0.5, 0.6) is 0 Å². The van der Waals surface area contributed by atoms with Gasteiger partial charge in [0.25, 0.3) is 0 Å². The minimum atomic E-state index is -0.381. The molecular formula is C27H34N2O3. The molecule has 5 heteroatoms. The van der Waals surface area contributed by atoms with E-state index in [2.05, 4.69) is 29.6 Å². The predicted octanol–water partition coefficient (Wildman–Crippen LogP) is 4.32. The fourth-order valence-electron chi connectivity index (χ4n) is 4.99. The van der Waals surface area contributed by atoms with Gasteiger partial charge in [0.15, 0.2) is 0 Å². The van der Waals surface area contributed by atoms with Gasteiger partial charge in [0, 0.05) is 25.4 Å². The molecule has 2 saturated carbocycles. The van der Waals surface area contributed by atoms with Crippen LogP contribution in [0.4, 0.5) is 0 Å². The van der Waals surface area contributed by atoms with Crippen molar-refractivity contribution in [3.05, 3.63) is 71.3 Å². The highest BCUT2D eigenvalue weighted by Crippen LogP contribution is 2.38. The van der Waals surface area contributed by atoms with Gasteiger partial charge in [-0.2, -0.15) is 0 Å². The van der Waals surface area contributed by atoms with Crippen LogP contribution in [0.15, 0.2) is 54.6 Å². The molecule has 170 valence electrons. The van der Waals surface area contributed by atoms with E-state index in [9.17, 15) is 14.7 Å². The summed E-state index contributed by atoms with van der Waals surface area (Å²) in [4.78, 5) is 27.1. The van der Waals surface area contributed by atoms with Crippen LogP contribution in [0.25, 0.3) is 0 Å². The van der Waals surface area contributed by atoms with E-state index in [1.54, 1.807) is 6.92 Å². The maximum atomic E-state index is 13.2. The maximum absolute atomic E-state index is 13.2. The molecule has 2 N–H and O–H groups in total. The minimum Gasteiger partial charge on any atom is -0.394 e. The summed E-state index contributed by atoms with van der Waals surface area (Å²) < 4.78 is 0. The summed E-state index contributed by atoms with van der Waals surface area (Å²) in [5.74, 6) is 0.253. The second-order valence-electron chi connectivity index (χ2n) is 9.27. The Labute approximate surface area is 190 Å². The summed E-state index contributed by atoms with van der Waals surface area (Å²) in [7, 11) is 0. The van der Waals surface area contributed by atoms with Crippen molar-refractivity contribution in [2.45, 2.75) is 70.0 Å². The molecule has 2 aromatic rings. The van der Waals surface area contributed by atoms with Crippen molar-refractivity contribution in [2.75, 3.05) is 6.61 Å². The zero-order valence-electron chi connectivity index (χ0n) is 18.9. The van der Waals surface area contributed by atoms with Crippen molar-refractivity contribution in [1.82, 2.24) is 10.2 Å². The maximum Gasteiger partial charge on any atom is 0.224 e. The topological polar surface area (TPSA) is 69.6 Å². The minimum absolute atomic E-state index is 0.0261. The molecule has 0 bridgehead atoms. The molecule has 5 nitrogen and oxygen atoms in total. The van der Waals surface area contributed by atoms with Crippen LogP contribution in [-0.4, -0.2) is 34.5 Å². The number of rotatable bonds is 8. The number of hydrogen-bond donors (Lipinski definition) is 2. The average Bonchev–Trinajstić information content (AvgIpc) is 3.67. The van der Waals surface area contributed by atoms with Crippen LogP contribution in [0.2, 0.25) is 0 Å². The second-order valence-corrected chi connectivity index (χ2v) is 9.27. The van der Waals surface area contributed by atoms with Gasteiger partial charge >= 0.3 is 0 Å². The van der Waals surface area contributed by atoms with Gasteiger partial charge in [-0.25, -0.2) is 0 Å². The number of nitrogens with zero attached hydrogens (tertiary/aromatic N) is 1. The summed E-state index contributed by atoms with van der Waals surface area (Å²) in [6.07, 6.45) is 6.25. The first-order valence-corrected chi connectivity index (χ1v) is 11.9. The summed E-state index contributed by atoms with van der Waals surface area (Å²) >= 11 is 0. The van der Waals surface area contributed by atoms with Gasteiger partial charge in [-0.05, 0) is 48.3 Å². The molecule has 0 aliphatic heterocycles. The summed E-state index contributed by atoms with van der Waals surface area (Å²) in [5.41, 5.74) is 3.25. The molecule has 4 rings (SSSR count). The third kappa shape index (κ3) is 5.39. The first-order valence-electron chi connectivity index (χ1n) is 11.9. The Kier molecular flexibility index (Phi) is 7.26. The van der Waals surface area contributed by atoms with Gasteiger partial charge in [0.1, 0.15) is 0 Å². The van der Waals surface area contributed by atoms with E-state index in [0.717, 1.165) is 49.7 Å². The van der Waals surface area contributed by atoms with Crippen molar-refractivity contribution in [3.8, 4) is 0 Å². The third-order valence-electron chi connectivity index (χ3n) is 6.96. The molecular weight excluding hydrogens is 400 g/mol. The van der Waals surface area contributed by atoms with Crippen molar-refractivity contribution in [3.63, 3.8) is 0 Å². The Balaban J connectivity index is 1.44. The lowest BCUT2D eigenvalue weighted by atomic mass is 9.74. The molecule has 2 amide bonds. The van der Waals surface area contributed by atoms with Crippen LogP contribution in [0.3, 0.4) is 0 Å². The summed E-state index contributed by atoms with van der Waals surface area (Å²) in [6.45, 7) is 2.19. The molecule has 2 aliphatic rings. The third-order valence-corrected chi connectivity index (χ3v) is 6.96. The fraction of sp³-hybridized carbons (Fsp3) is 0.481. The molecule has 0 spiro atoms. The van der Waals surface area contributed by atoms with E-state index in [4.69, 9.17) is 0 Å². The van der Waals surface area contributed by atoms with Crippen molar-refractivity contribution in [1.29, 1.82) is 0 Å². The van der Waals surface area contributed by atoms with E-state index in [1.165, 1.54) is 5.56 Å². The number of carbonyl (C=O) groups excluding carboxylic acids is 2. The lowest BCUT2D eigenvalue weighted by Crippen LogP contribution is -2.39. The lowest BCUT2D eigenvalue weighted by molar-refractivity contribution is -0.130. The Morgan fingerprint density at radius 3 is 2.31 bits per heavy atom. The van der Waals surface area contributed by atoms with E-state index >= 15 is 0 Å². The monoisotopic (exact) mass is 434 g/mol. The molecule has 32 heavy (non-hydrogen) atoms. The number of hydrogen-bond acceptors (Lipinski definition) is 3. The van der Waals surface area contributed by atoms with Crippen LogP contribution in [0, 0.1) is 5.92 Å². The molecule has 2 aromatic carbocycles. The number of aliphatic hydroxyl groups is 1. The molecule has 3 atom stereocenters. The van der Waals surface area contributed by atoms with Crippen molar-refractivity contribution in [2.24, 2.45) is 5.92 Å². The molecule has 2 fully saturated rings. The van der Waals surface area contributed by atoms with Crippen LogP contribution in [0.1, 0.15) is 74.1 Å². The fourth-order valence-corrected chi connectivity index (χ4v) is 4.99. The number of aliphatic hydroxyl groups excluding tert-OH is 1. The zero-order chi connectivity index (χ0) is 22.5. The number of carbonyl (C=O) groups is 2. The normalized spacial score (nSPS) is 21.6. The van der Waals surface area contributed by atoms with Crippen LogP contribution < -0.4 is 5.32 Å². The van der Waals surface area contributed by atoms with Crippen LogP contribution in [-0.2, 0) is 16.1 Å². The standard InChI is InChI=1S/C27H34N2O3/c1-19(31)29(23-15-16-23)17-20-11-13-21(14-12-20)24-9-5-6-10-25(24)27(32)28-26(18-30)22-7-3-2-4-8-22/h2-4,7-8,11-14,23-26,30H,5-6,9-10,15-18H2,1H3,(H,28,32). The molecule has 2 aliphatic carbocycles. The second kappa shape index (κ2) is 10.3. The first-order chi connectivity index (χ1) is 15.6. The zero-order valence-corrected chi connectivity index (χ0v) is 18.9. The molecule has 0 radical (unpaired) electrons. The largest absolute Gasteiger partial charge is 0.394 e. The number of benzene rings is 2. The number of nitrogens with one attached hydrogen (secondary N) is 1. The molecule has 0 saturated heterocycles. The predicted molar refractivity (Wildman–Crippen MR) is 125 cm³/mol. The van der Waals surface area contributed by atoms with Gasteiger partial charge in [-0.3, -0.25) is 9.59 Å². The first kappa shape index (κ1) is 22.5. The van der Waals surface area contributed by atoms with E-state index in [-0.39, 0.29) is 36.3 Å². The van der Waals surface area contributed by atoms with E-state index in [1.807, 2.05) is 35.2 Å². The van der Waals surface area contributed by atoms with Crippen molar-refractivity contribution >= 4 is 11.8 Å². The quantitative estimate of drug-likeness (QED) is 0.650. The lowest BCUT2D eigenvalue weighted by Gasteiger charge is -2.32. The van der Waals surface area contributed by atoms with Gasteiger partial charge in [0.2, 0.25) is 11.8 Å². The molecule has 0 aromatic heterocycles. The Hall–Kier alpha value is -2.66. The SMILES string of the molecule is CC(=O)N(Cc1ccc(C2CCCCC2C(=O)NC(CO)c2ccccc2)cc1)C1CC1. The Morgan fingerprint density at radius 1 is 1.00 bits per heavy atom. The molecule has 0 heterocycles. The highest BCUT2D eigenvalue weighted by Gasteiger charge is 2.33. The van der Waals surface area contributed by atoms with Crippen LogP contribution >= 0.6 is 0 Å². The van der Waals surface area contributed by atoms with Gasteiger partial charge in [-0.15, -0.1) is 0 Å². The van der Waals surface area contributed by atoms with E-state index in [0.29, 0.717) is 12.6 Å². The Morgan fingerprint density at radius 2 is 1.69 bits per heavy atom. The van der Waals surface area contributed by atoms with E-state index < -0.39 is 0 Å². The summed E-state index contributed by atoms with van der Waals surface area (Å²) in [6, 6.07) is 18.2. The average molecular weight is 435 g/mol. The molecule has 3 unspecified atom stereocenters. The summed E-state index contributed by atoms with van der Waals surface area (Å²) in [5, 5.41) is 12.9. The van der Waals surface area contributed by atoms with Gasteiger partial charge in [-0.1, -0.05) is 67.4 Å². The van der Waals surface area contributed by atoms with Crippen molar-refractivity contribution < 1.29 is 14.7 Å². The highest BCUT2D eigenvalue weighted by atomic mass is 16.3. The number of amides is 2. The van der Waals surface area contributed by atoms with Gasteiger partial charge < -0.3 is 15.3 Å².